The zero-order valence-corrected chi connectivity index (χ0v) is 27.4. The molecule has 2 atom stereocenters. The average molecular weight is 637 g/mol. The number of hydrogen-bond acceptors (Lipinski definition) is 7. The van der Waals surface area contributed by atoms with E-state index in [0.29, 0.717) is 30.2 Å². The van der Waals surface area contributed by atoms with E-state index in [4.69, 9.17) is 13.9 Å². The lowest BCUT2D eigenvalue weighted by atomic mass is 10.1. The molecule has 4 aromatic rings. The van der Waals surface area contributed by atoms with Crippen molar-refractivity contribution >= 4 is 14.4 Å². The van der Waals surface area contributed by atoms with Gasteiger partial charge in [-0.3, -0.25) is 4.68 Å². The number of nitrogens with one attached hydrogen (secondary N) is 1. The maximum Gasteiger partial charge on any atom is 0.405 e. The highest BCUT2D eigenvalue weighted by molar-refractivity contribution is 6.74. The molecule has 4 heterocycles. The molecule has 0 aliphatic carbocycles. The smallest absolute Gasteiger partial charge is 0.405 e. The SMILES string of the molecule is CC(C)(C)[Si](C)(C)OC[C@H](Cn1ccc(-c2ccc(Oc3ncc(-c4ccnn4C4CCCCO4)cc3F)cc2)n1)NC(=O)O. The minimum Gasteiger partial charge on any atom is -0.465 e. The van der Waals surface area contributed by atoms with Crippen molar-refractivity contribution in [2.75, 3.05) is 13.2 Å². The van der Waals surface area contributed by atoms with E-state index in [1.54, 1.807) is 40.1 Å². The van der Waals surface area contributed by atoms with Crippen LogP contribution in [0.2, 0.25) is 18.1 Å². The van der Waals surface area contributed by atoms with Crippen LogP contribution in [0.1, 0.15) is 46.3 Å². The van der Waals surface area contributed by atoms with E-state index in [1.165, 1.54) is 6.07 Å². The fraction of sp³-hybridized carbons (Fsp3) is 0.438. The largest absolute Gasteiger partial charge is 0.465 e. The molecular formula is C32H41FN6O5Si. The molecule has 3 aromatic heterocycles. The van der Waals surface area contributed by atoms with E-state index in [-0.39, 0.29) is 23.8 Å². The van der Waals surface area contributed by atoms with Gasteiger partial charge in [0.2, 0.25) is 0 Å². The van der Waals surface area contributed by atoms with Crippen LogP contribution >= 0.6 is 0 Å². The molecule has 1 saturated heterocycles. The Morgan fingerprint density at radius 1 is 1.18 bits per heavy atom. The lowest BCUT2D eigenvalue weighted by Gasteiger charge is -2.37. The van der Waals surface area contributed by atoms with Gasteiger partial charge in [0.15, 0.2) is 20.4 Å². The minimum absolute atomic E-state index is 0.00938. The molecule has 1 aromatic carbocycles. The predicted molar refractivity (Wildman–Crippen MR) is 170 cm³/mol. The highest BCUT2D eigenvalue weighted by Gasteiger charge is 2.37. The van der Waals surface area contributed by atoms with Crippen molar-refractivity contribution in [3.63, 3.8) is 0 Å². The summed E-state index contributed by atoms with van der Waals surface area (Å²) in [6.07, 6.45) is 6.71. The van der Waals surface area contributed by atoms with Crippen molar-refractivity contribution in [2.45, 2.75) is 77.0 Å². The Morgan fingerprint density at radius 2 is 1.96 bits per heavy atom. The van der Waals surface area contributed by atoms with Gasteiger partial charge in [0.05, 0.1) is 30.6 Å². The average Bonchev–Trinajstić information content (AvgIpc) is 3.67. The van der Waals surface area contributed by atoms with Crippen LogP contribution < -0.4 is 10.1 Å². The first kappa shape index (κ1) is 32.3. The van der Waals surface area contributed by atoms with Crippen LogP contribution in [0, 0.1) is 5.82 Å². The van der Waals surface area contributed by atoms with Crippen molar-refractivity contribution in [1.82, 2.24) is 29.9 Å². The zero-order valence-electron chi connectivity index (χ0n) is 26.4. The molecule has 0 spiro atoms. The predicted octanol–water partition coefficient (Wildman–Crippen LogP) is 7.10. The van der Waals surface area contributed by atoms with Crippen LogP contribution in [0.3, 0.4) is 0 Å². The molecule has 1 unspecified atom stereocenters. The highest BCUT2D eigenvalue weighted by Crippen LogP contribution is 2.36. The quantitative estimate of drug-likeness (QED) is 0.167. The van der Waals surface area contributed by atoms with E-state index in [1.807, 2.05) is 24.3 Å². The molecule has 13 heteroatoms. The number of amides is 1. The van der Waals surface area contributed by atoms with Crippen LogP contribution in [0.5, 0.6) is 11.6 Å². The lowest BCUT2D eigenvalue weighted by molar-refractivity contribution is -0.0383. The Kier molecular flexibility index (Phi) is 9.70. The molecule has 2 N–H and O–H groups in total. The van der Waals surface area contributed by atoms with Gasteiger partial charge in [-0.05, 0) is 79.9 Å². The molecule has 1 aliphatic heterocycles. The summed E-state index contributed by atoms with van der Waals surface area (Å²) < 4.78 is 36.4. The third-order valence-corrected chi connectivity index (χ3v) is 12.9. The van der Waals surface area contributed by atoms with E-state index in [9.17, 15) is 9.90 Å². The number of benzene rings is 1. The van der Waals surface area contributed by atoms with Gasteiger partial charge in [-0.25, -0.2) is 18.9 Å². The van der Waals surface area contributed by atoms with Crippen LogP contribution in [-0.2, 0) is 15.7 Å². The molecule has 0 bridgehead atoms. The van der Waals surface area contributed by atoms with Crippen LogP contribution in [0.25, 0.3) is 22.5 Å². The number of pyridine rings is 1. The first-order chi connectivity index (χ1) is 21.4. The summed E-state index contributed by atoms with van der Waals surface area (Å²) in [5.41, 5.74) is 2.85. The topological polar surface area (TPSA) is 126 Å². The summed E-state index contributed by atoms with van der Waals surface area (Å²) in [7, 11) is -2.06. The summed E-state index contributed by atoms with van der Waals surface area (Å²) in [6, 6.07) is 11.7. The van der Waals surface area contributed by atoms with Gasteiger partial charge in [0, 0.05) is 36.3 Å². The van der Waals surface area contributed by atoms with Gasteiger partial charge in [0.25, 0.3) is 5.88 Å². The normalized spacial score (nSPS) is 16.4. The fourth-order valence-electron chi connectivity index (χ4n) is 4.82. The number of carbonyl (C=O) groups is 1. The molecule has 0 saturated carbocycles. The van der Waals surface area contributed by atoms with E-state index in [2.05, 4.69) is 54.4 Å². The molecule has 45 heavy (non-hydrogen) atoms. The van der Waals surface area contributed by atoms with Gasteiger partial charge < -0.3 is 24.3 Å². The van der Waals surface area contributed by atoms with Crippen molar-refractivity contribution in [2.24, 2.45) is 0 Å². The third-order valence-electron chi connectivity index (χ3n) is 8.39. The summed E-state index contributed by atoms with van der Waals surface area (Å²) in [5, 5.41) is 21.0. The standard InChI is InChI=1S/C32H41FN6O5Si/c1-32(2,3)45(4,5)43-21-24(36-31(40)41)20-38-16-14-27(37-38)22-9-11-25(12-10-22)44-30-26(33)18-23(19-34-30)28-13-15-35-39(28)29-8-6-7-17-42-29/h9-16,18-19,24,29,36H,6-8,17,20-21H2,1-5H3,(H,40,41)/t24-,29?/m0/s1. The minimum atomic E-state index is -2.06. The zero-order chi connectivity index (χ0) is 32.2. The number of ether oxygens (including phenoxy) is 2. The Bertz CT molecular complexity index is 1590. The van der Waals surface area contributed by atoms with E-state index in [0.717, 1.165) is 30.5 Å². The molecule has 11 nitrogen and oxygen atoms in total. The highest BCUT2D eigenvalue weighted by atomic mass is 28.4. The monoisotopic (exact) mass is 636 g/mol. The second-order valence-corrected chi connectivity index (χ2v) is 17.6. The number of carboxylic acid groups (broad SMARTS) is 1. The van der Waals surface area contributed by atoms with Crippen molar-refractivity contribution < 1.29 is 28.2 Å². The molecule has 0 radical (unpaired) electrons. The van der Waals surface area contributed by atoms with Crippen molar-refractivity contribution in [3.05, 3.63) is 66.9 Å². The maximum absolute atomic E-state index is 15.1. The Labute approximate surface area is 263 Å². The fourth-order valence-corrected chi connectivity index (χ4v) is 5.87. The number of nitrogens with zero attached hydrogens (tertiary/aromatic N) is 5. The Hall–Kier alpha value is -4.07. The first-order valence-corrected chi connectivity index (χ1v) is 18.1. The molecule has 240 valence electrons. The van der Waals surface area contributed by atoms with Gasteiger partial charge >= 0.3 is 6.09 Å². The molecule has 5 rings (SSSR count). The number of halogens is 1. The summed E-state index contributed by atoms with van der Waals surface area (Å²) >= 11 is 0. The van der Waals surface area contributed by atoms with Crippen LogP contribution in [0.4, 0.5) is 9.18 Å². The number of hydrogen-bond donors (Lipinski definition) is 2. The van der Waals surface area contributed by atoms with Gasteiger partial charge in [0.1, 0.15) is 5.75 Å². The van der Waals surface area contributed by atoms with Gasteiger partial charge in [-0.15, -0.1) is 0 Å². The van der Waals surface area contributed by atoms with Crippen molar-refractivity contribution in [3.8, 4) is 34.1 Å². The Morgan fingerprint density at radius 3 is 2.62 bits per heavy atom. The van der Waals surface area contributed by atoms with E-state index < -0.39 is 26.3 Å². The summed E-state index contributed by atoms with van der Waals surface area (Å²) in [5.74, 6) is -0.297. The summed E-state index contributed by atoms with van der Waals surface area (Å²) in [6.45, 7) is 12.0. The summed E-state index contributed by atoms with van der Waals surface area (Å²) in [4.78, 5) is 15.7. The second-order valence-electron chi connectivity index (χ2n) is 12.8. The second kappa shape index (κ2) is 13.5. The molecule has 1 amide bonds. The maximum atomic E-state index is 15.1. The molecular weight excluding hydrogens is 595 g/mol. The molecule has 1 aliphatic rings. The number of rotatable bonds is 11. The van der Waals surface area contributed by atoms with Gasteiger partial charge in [-0.2, -0.15) is 10.2 Å². The Balaban J connectivity index is 1.22. The first-order valence-electron chi connectivity index (χ1n) is 15.2. The lowest BCUT2D eigenvalue weighted by Crippen LogP contribution is -2.47. The van der Waals surface area contributed by atoms with Crippen molar-refractivity contribution in [1.29, 1.82) is 0 Å². The van der Waals surface area contributed by atoms with E-state index >= 15 is 4.39 Å². The number of aromatic nitrogens is 5. The van der Waals surface area contributed by atoms with Crippen LogP contribution in [-0.4, -0.2) is 63.3 Å². The third kappa shape index (κ3) is 7.96. The van der Waals surface area contributed by atoms with Crippen LogP contribution in [0.15, 0.2) is 61.1 Å². The van der Waals surface area contributed by atoms with Gasteiger partial charge in [-0.1, -0.05) is 20.8 Å². The molecule has 1 fully saturated rings.